The molecule has 2 aromatic carbocycles. The van der Waals surface area contributed by atoms with Gasteiger partial charge in [0.15, 0.2) is 0 Å². The molecule has 1 amide bonds. The fourth-order valence-corrected chi connectivity index (χ4v) is 2.42. The van der Waals surface area contributed by atoms with E-state index in [0.29, 0.717) is 5.75 Å². The first-order chi connectivity index (χ1) is 11.3. The number of carbonyl (C=O) groups excluding carboxylic acids is 1. The van der Waals surface area contributed by atoms with Crippen LogP contribution < -0.4 is 10.1 Å². The van der Waals surface area contributed by atoms with Gasteiger partial charge in [0.25, 0.3) is 0 Å². The third-order valence-electron chi connectivity index (χ3n) is 3.50. The lowest BCUT2D eigenvalue weighted by Crippen LogP contribution is -2.16. The Morgan fingerprint density at radius 1 is 1.17 bits per heavy atom. The van der Waals surface area contributed by atoms with Crippen LogP contribution in [0.4, 0.5) is 5.69 Å². The Morgan fingerprint density at radius 2 is 1.96 bits per heavy atom. The van der Waals surface area contributed by atoms with E-state index in [1.54, 1.807) is 19.6 Å². The molecule has 0 saturated carbocycles. The van der Waals surface area contributed by atoms with Crippen molar-refractivity contribution in [2.45, 2.75) is 6.42 Å². The van der Waals surface area contributed by atoms with E-state index in [1.807, 2.05) is 59.3 Å². The van der Waals surface area contributed by atoms with Crippen LogP contribution in [0.5, 0.6) is 5.75 Å². The number of nitrogens with one attached hydrogen (secondary N) is 1. The molecule has 3 rings (SSSR count). The maximum Gasteiger partial charge on any atom is 0.228 e. The SMILES string of the molecule is COc1ccccc1CC(=O)Nc1ccccc1-n1ccnc1. The molecule has 0 spiro atoms. The summed E-state index contributed by atoms with van der Waals surface area (Å²) in [6.07, 6.45) is 5.49. The van der Waals surface area contributed by atoms with Gasteiger partial charge in [-0.1, -0.05) is 30.3 Å². The third kappa shape index (κ3) is 3.40. The first kappa shape index (κ1) is 14.8. The zero-order valence-corrected chi connectivity index (χ0v) is 12.8. The van der Waals surface area contributed by atoms with Crippen molar-refractivity contribution < 1.29 is 9.53 Å². The summed E-state index contributed by atoms with van der Waals surface area (Å²) in [6, 6.07) is 15.1. The number of methoxy groups -OCH3 is 1. The summed E-state index contributed by atoms with van der Waals surface area (Å²) in [7, 11) is 1.60. The molecule has 0 aliphatic carbocycles. The van der Waals surface area contributed by atoms with Gasteiger partial charge in [-0.15, -0.1) is 0 Å². The molecular formula is C18H17N3O2. The zero-order valence-electron chi connectivity index (χ0n) is 12.8. The molecule has 5 nitrogen and oxygen atoms in total. The van der Waals surface area contributed by atoms with Gasteiger partial charge < -0.3 is 14.6 Å². The Morgan fingerprint density at radius 3 is 2.74 bits per heavy atom. The van der Waals surface area contributed by atoms with Crippen molar-refractivity contribution in [2.24, 2.45) is 0 Å². The molecule has 3 aromatic rings. The quantitative estimate of drug-likeness (QED) is 0.788. The highest BCUT2D eigenvalue weighted by Gasteiger charge is 2.11. The summed E-state index contributed by atoms with van der Waals surface area (Å²) < 4.78 is 7.15. The van der Waals surface area contributed by atoms with Crippen molar-refractivity contribution in [3.05, 3.63) is 72.8 Å². The van der Waals surface area contributed by atoms with Gasteiger partial charge in [0, 0.05) is 18.0 Å². The number of imidazole rings is 1. The van der Waals surface area contributed by atoms with Gasteiger partial charge in [0.05, 0.1) is 31.2 Å². The first-order valence-electron chi connectivity index (χ1n) is 7.27. The van der Waals surface area contributed by atoms with Gasteiger partial charge in [0.1, 0.15) is 5.75 Å². The monoisotopic (exact) mass is 307 g/mol. The number of hydrogen-bond acceptors (Lipinski definition) is 3. The van der Waals surface area contributed by atoms with E-state index in [0.717, 1.165) is 16.9 Å². The van der Waals surface area contributed by atoms with Crippen molar-refractivity contribution in [1.82, 2.24) is 9.55 Å². The van der Waals surface area contributed by atoms with Gasteiger partial charge in [-0.05, 0) is 18.2 Å². The molecule has 0 aliphatic heterocycles. The van der Waals surface area contributed by atoms with Crippen molar-refractivity contribution in [1.29, 1.82) is 0 Å². The highest BCUT2D eigenvalue weighted by Crippen LogP contribution is 2.21. The topological polar surface area (TPSA) is 56.1 Å². The molecule has 23 heavy (non-hydrogen) atoms. The van der Waals surface area contributed by atoms with Crippen molar-refractivity contribution >= 4 is 11.6 Å². The van der Waals surface area contributed by atoms with Crippen LogP contribution >= 0.6 is 0 Å². The fraction of sp³-hybridized carbons (Fsp3) is 0.111. The minimum Gasteiger partial charge on any atom is -0.496 e. The van der Waals surface area contributed by atoms with Crippen molar-refractivity contribution in [2.75, 3.05) is 12.4 Å². The summed E-state index contributed by atoms with van der Waals surface area (Å²) in [5.41, 5.74) is 2.47. The molecule has 0 fully saturated rings. The Balaban J connectivity index is 1.79. The van der Waals surface area contributed by atoms with Crippen LogP contribution in [0.15, 0.2) is 67.3 Å². The number of carbonyl (C=O) groups is 1. The molecule has 1 aromatic heterocycles. The minimum absolute atomic E-state index is 0.0953. The van der Waals surface area contributed by atoms with E-state index in [9.17, 15) is 4.79 Å². The maximum atomic E-state index is 12.4. The Bertz CT molecular complexity index is 798. The van der Waals surface area contributed by atoms with E-state index in [1.165, 1.54) is 0 Å². The van der Waals surface area contributed by atoms with E-state index >= 15 is 0 Å². The zero-order chi connectivity index (χ0) is 16.1. The predicted molar refractivity (Wildman–Crippen MR) is 88.9 cm³/mol. The molecule has 116 valence electrons. The molecule has 0 unspecified atom stereocenters. The summed E-state index contributed by atoms with van der Waals surface area (Å²) in [4.78, 5) is 16.4. The standard InChI is InChI=1S/C18H17N3O2/c1-23-17-9-5-2-6-14(17)12-18(22)20-15-7-3-4-8-16(15)21-11-10-19-13-21/h2-11,13H,12H2,1H3,(H,20,22). The number of aromatic nitrogens is 2. The number of para-hydroxylation sites is 3. The van der Waals surface area contributed by atoms with E-state index in [-0.39, 0.29) is 12.3 Å². The molecule has 0 radical (unpaired) electrons. The Labute approximate surface area is 134 Å². The average molecular weight is 307 g/mol. The van der Waals surface area contributed by atoms with Gasteiger partial charge in [-0.25, -0.2) is 4.98 Å². The second-order valence-corrected chi connectivity index (χ2v) is 5.02. The molecule has 1 N–H and O–H groups in total. The number of rotatable bonds is 5. The molecule has 0 aliphatic rings. The molecule has 0 bridgehead atoms. The minimum atomic E-state index is -0.0953. The summed E-state index contributed by atoms with van der Waals surface area (Å²) in [5.74, 6) is 0.618. The van der Waals surface area contributed by atoms with Crippen LogP contribution in [-0.2, 0) is 11.2 Å². The summed E-state index contributed by atoms with van der Waals surface area (Å²) >= 11 is 0. The number of hydrogen-bond donors (Lipinski definition) is 1. The molecular weight excluding hydrogens is 290 g/mol. The number of amides is 1. The van der Waals surface area contributed by atoms with E-state index < -0.39 is 0 Å². The van der Waals surface area contributed by atoms with Crippen LogP contribution in [0.1, 0.15) is 5.56 Å². The Hall–Kier alpha value is -3.08. The van der Waals surface area contributed by atoms with Gasteiger partial charge in [-0.2, -0.15) is 0 Å². The number of anilines is 1. The van der Waals surface area contributed by atoms with Gasteiger partial charge in [-0.3, -0.25) is 4.79 Å². The van der Waals surface area contributed by atoms with Crippen LogP contribution in [0.25, 0.3) is 5.69 Å². The predicted octanol–water partition coefficient (Wildman–Crippen LogP) is 3.06. The summed E-state index contributed by atoms with van der Waals surface area (Å²) in [5, 5.41) is 2.96. The average Bonchev–Trinajstić information content (AvgIpc) is 3.10. The normalized spacial score (nSPS) is 10.3. The lowest BCUT2D eigenvalue weighted by atomic mass is 10.1. The molecule has 1 heterocycles. The van der Waals surface area contributed by atoms with Crippen LogP contribution in [0.3, 0.4) is 0 Å². The second-order valence-electron chi connectivity index (χ2n) is 5.02. The lowest BCUT2D eigenvalue weighted by Gasteiger charge is -2.12. The van der Waals surface area contributed by atoms with Crippen LogP contribution in [-0.4, -0.2) is 22.6 Å². The lowest BCUT2D eigenvalue weighted by molar-refractivity contribution is -0.115. The van der Waals surface area contributed by atoms with Crippen LogP contribution in [0.2, 0.25) is 0 Å². The number of nitrogens with zero attached hydrogens (tertiary/aromatic N) is 2. The van der Waals surface area contributed by atoms with Gasteiger partial charge in [0.2, 0.25) is 5.91 Å². The van der Waals surface area contributed by atoms with Gasteiger partial charge >= 0.3 is 0 Å². The van der Waals surface area contributed by atoms with Crippen molar-refractivity contribution in [3.8, 4) is 11.4 Å². The fourth-order valence-electron chi connectivity index (χ4n) is 2.42. The maximum absolute atomic E-state index is 12.4. The molecule has 5 heteroatoms. The molecule has 0 saturated heterocycles. The highest BCUT2D eigenvalue weighted by atomic mass is 16.5. The van der Waals surface area contributed by atoms with E-state index in [4.69, 9.17) is 4.74 Å². The second kappa shape index (κ2) is 6.79. The van der Waals surface area contributed by atoms with E-state index in [2.05, 4.69) is 10.3 Å². The highest BCUT2D eigenvalue weighted by molar-refractivity contribution is 5.94. The summed E-state index contributed by atoms with van der Waals surface area (Å²) in [6.45, 7) is 0. The first-order valence-corrected chi connectivity index (χ1v) is 7.27. The largest absolute Gasteiger partial charge is 0.496 e. The smallest absolute Gasteiger partial charge is 0.228 e. The molecule has 0 atom stereocenters. The third-order valence-corrected chi connectivity index (χ3v) is 3.50. The van der Waals surface area contributed by atoms with Crippen LogP contribution in [0, 0.1) is 0 Å². The van der Waals surface area contributed by atoms with Crippen molar-refractivity contribution in [3.63, 3.8) is 0 Å². The number of benzene rings is 2. The number of ether oxygens (including phenoxy) is 1. The Kier molecular flexibility index (Phi) is 4.38.